The summed E-state index contributed by atoms with van der Waals surface area (Å²) in [5.74, 6) is -0.378. The highest BCUT2D eigenvalue weighted by molar-refractivity contribution is 6.30. The van der Waals surface area contributed by atoms with E-state index in [9.17, 15) is 14.0 Å². The van der Waals surface area contributed by atoms with Crippen LogP contribution in [-0.4, -0.2) is 35.8 Å². The normalized spacial score (nSPS) is 25.2. The van der Waals surface area contributed by atoms with Gasteiger partial charge in [-0.05, 0) is 37.0 Å². The summed E-state index contributed by atoms with van der Waals surface area (Å²) >= 11 is 5.64. The molecule has 4 nitrogen and oxygen atoms in total. The number of amides is 2. The number of carbonyl (C=O) groups is 2. The average Bonchev–Trinajstić information content (AvgIpc) is 2.49. The number of piperidine rings is 2. The summed E-state index contributed by atoms with van der Waals surface area (Å²) in [7, 11) is 0. The minimum atomic E-state index is -0.581. The maximum Gasteiger partial charge on any atom is 0.253 e. The third-order valence-electron chi connectivity index (χ3n) is 4.28. The van der Waals surface area contributed by atoms with E-state index in [1.165, 1.54) is 12.1 Å². The zero-order valence-electron chi connectivity index (χ0n) is 11.4. The number of nitrogens with one attached hydrogen (secondary N) is 1. The predicted molar refractivity (Wildman–Crippen MR) is 76.6 cm³/mol. The first kappa shape index (κ1) is 14.3. The van der Waals surface area contributed by atoms with Crippen LogP contribution in [0.15, 0.2) is 18.2 Å². The van der Waals surface area contributed by atoms with Gasteiger partial charge in [0.25, 0.3) is 5.91 Å². The van der Waals surface area contributed by atoms with Crippen molar-refractivity contribution in [1.29, 1.82) is 0 Å². The lowest BCUT2D eigenvalue weighted by Crippen LogP contribution is -2.55. The molecule has 2 saturated heterocycles. The van der Waals surface area contributed by atoms with E-state index in [1.807, 2.05) is 0 Å². The zero-order valence-corrected chi connectivity index (χ0v) is 12.2. The molecule has 2 heterocycles. The Morgan fingerprint density at radius 2 is 2.19 bits per heavy atom. The van der Waals surface area contributed by atoms with Gasteiger partial charge in [0.1, 0.15) is 5.82 Å². The van der Waals surface area contributed by atoms with E-state index in [4.69, 9.17) is 11.6 Å². The smallest absolute Gasteiger partial charge is 0.253 e. The van der Waals surface area contributed by atoms with Crippen molar-refractivity contribution in [1.82, 2.24) is 10.2 Å². The number of carbonyl (C=O) groups excluding carboxylic acids is 2. The molecule has 2 aliphatic heterocycles. The van der Waals surface area contributed by atoms with Crippen molar-refractivity contribution >= 4 is 23.4 Å². The van der Waals surface area contributed by atoms with Gasteiger partial charge in [-0.3, -0.25) is 9.59 Å². The molecule has 1 aromatic carbocycles. The van der Waals surface area contributed by atoms with Crippen molar-refractivity contribution in [3.8, 4) is 0 Å². The topological polar surface area (TPSA) is 49.4 Å². The highest BCUT2D eigenvalue weighted by atomic mass is 35.5. The van der Waals surface area contributed by atoms with E-state index in [2.05, 4.69) is 5.32 Å². The van der Waals surface area contributed by atoms with Gasteiger partial charge in [0, 0.05) is 31.1 Å². The molecule has 1 N–H and O–H groups in total. The molecule has 0 radical (unpaired) electrons. The molecule has 1 aromatic rings. The van der Waals surface area contributed by atoms with Crippen molar-refractivity contribution in [3.63, 3.8) is 0 Å². The molecule has 3 rings (SSSR count). The highest BCUT2D eigenvalue weighted by Crippen LogP contribution is 2.26. The molecule has 2 atom stereocenters. The molecular formula is C15H16ClFN2O2. The van der Waals surface area contributed by atoms with Gasteiger partial charge in [-0.15, -0.1) is 0 Å². The Morgan fingerprint density at radius 3 is 2.95 bits per heavy atom. The zero-order chi connectivity index (χ0) is 15.0. The van der Waals surface area contributed by atoms with Gasteiger partial charge < -0.3 is 10.2 Å². The average molecular weight is 311 g/mol. The predicted octanol–water partition coefficient (Wildman–Crippen LogP) is 2.22. The molecule has 2 unspecified atom stereocenters. The van der Waals surface area contributed by atoms with Crippen LogP contribution in [0.5, 0.6) is 0 Å². The number of benzene rings is 1. The summed E-state index contributed by atoms with van der Waals surface area (Å²) in [6.45, 7) is 1.18. The van der Waals surface area contributed by atoms with E-state index in [0.29, 0.717) is 25.1 Å². The first-order chi connectivity index (χ1) is 10.0. The van der Waals surface area contributed by atoms with Crippen molar-refractivity contribution in [2.45, 2.75) is 25.3 Å². The first-order valence-electron chi connectivity index (χ1n) is 7.08. The SMILES string of the molecule is O=C1CCC2CN(C(=O)c3ccc(Cl)c(F)c3)CCC2N1. The Hall–Kier alpha value is -1.62. The van der Waals surface area contributed by atoms with E-state index in [-0.39, 0.29) is 28.8 Å². The standard InChI is InChI=1S/C15H16ClFN2O2/c16-11-3-1-9(7-12(11)17)15(21)19-6-5-13-10(8-19)2-4-14(20)18-13/h1,3,7,10,13H,2,4-6,8H2,(H,18,20). The van der Waals surface area contributed by atoms with Gasteiger partial charge in [-0.1, -0.05) is 11.6 Å². The lowest BCUT2D eigenvalue weighted by atomic mass is 9.85. The number of fused-ring (bicyclic) bond motifs is 1. The molecule has 6 heteroatoms. The molecule has 21 heavy (non-hydrogen) atoms. The maximum absolute atomic E-state index is 13.5. The molecule has 0 bridgehead atoms. The van der Waals surface area contributed by atoms with Crippen LogP contribution in [0.1, 0.15) is 29.6 Å². The van der Waals surface area contributed by atoms with Gasteiger partial charge in [-0.2, -0.15) is 0 Å². The van der Waals surface area contributed by atoms with E-state index >= 15 is 0 Å². The van der Waals surface area contributed by atoms with Gasteiger partial charge in [0.05, 0.1) is 5.02 Å². The van der Waals surface area contributed by atoms with Crippen molar-refractivity contribution in [2.75, 3.05) is 13.1 Å². The number of halogens is 2. The molecule has 0 spiro atoms. The monoisotopic (exact) mass is 310 g/mol. The largest absolute Gasteiger partial charge is 0.353 e. The van der Waals surface area contributed by atoms with Gasteiger partial charge >= 0.3 is 0 Å². The highest BCUT2D eigenvalue weighted by Gasteiger charge is 2.35. The first-order valence-corrected chi connectivity index (χ1v) is 7.46. The van der Waals surface area contributed by atoms with Crippen molar-refractivity contribution in [3.05, 3.63) is 34.6 Å². The van der Waals surface area contributed by atoms with Crippen LogP contribution in [-0.2, 0) is 4.79 Å². The molecule has 0 saturated carbocycles. The summed E-state index contributed by atoms with van der Waals surface area (Å²) in [4.78, 5) is 25.5. The fraction of sp³-hybridized carbons (Fsp3) is 0.467. The number of hydrogen-bond donors (Lipinski definition) is 1. The lowest BCUT2D eigenvalue weighted by molar-refractivity contribution is -0.125. The van der Waals surface area contributed by atoms with Crippen LogP contribution in [0.2, 0.25) is 5.02 Å². The van der Waals surface area contributed by atoms with Crippen molar-refractivity contribution in [2.24, 2.45) is 5.92 Å². The summed E-state index contributed by atoms with van der Waals surface area (Å²) < 4.78 is 13.5. The Bertz CT molecular complexity index is 593. The molecule has 112 valence electrons. The number of nitrogens with zero attached hydrogens (tertiary/aromatic N) is 1. The maximum atomic E-state index is 13.5. The minimum Gasteiger partial charge on any atom is -0.353 e. The third kappa shape index (κ3) is 2.88. The van der Waals surface area contributed by atoms with Crippen LogP contribution in [0.4, 0.5) is 4.39 Å². The second kappa shape index (κ2) is 5.64. The Balaban J connectivity index is 1.71. The van der Waals surface area contributed by atoms with Crippen LogP contribution in [0.25, 0.3) is 0 Å². The Morgan fingerprint density at radius 1 is 1.38 bits per heavy atom. The third-order valence-corrected chi connectivity index (χ3v) is 4.58. The van der Waals surface area contributed by atoms with Gasteiger partial charge in [0.15, 0.2) is 0 Å². The molecule has 2 aliphatic rings. The molecular weight excluding hydrogens is 295 g/mol. The summed E-state index contributed by atoms with van der Waals surface area (Å²) in [6.07, 6.45) is 2.06. The quantitative estimate of drug-likeness (QED) is 0.864. The van der Waals surface area contributed by atoms with Crippen molar-refractivity contribution < 1.29 is 14.0 Å². The summed E-state index contributed by atoms with van der Waals surface area (Å²) in [5.41, 5.74) is 0.315. The number of likely N-dealkylation sites (tertiary alicyclic amines) is 1. The summed E-state index contributed by atoms with van der Waals surface area (Å²) in [6, 6.07) is 4.29. The second-order valence-electron chi connectivity index (χ2n) is 5.64. The van der Waals surface area contributed by atoms with Crippen LogP contribution in [0, 0.1) is 11.7 Å². The van der Waals surface area contributed by atoms with Crippen LogP contribution in [0.3, 0.4) is 0 Å². The number of rotatable bonds is 1. The van der Waals surface area contributed by atoms with Gasteiger partial charge in [0.2, 0.25) is 5.91 Å². The molecule has 0 aliphatic carbocycles. The Kier molecular flexibility index (Phi) is 3.85. The fourth-order valence-electron chi connectivity index (χ4n) is 3.11. The molecule has 2 fully saturated rings. The second-order valence-corrected chi connectivity index (χ2v) is 6.05. The van der Waals surface area contributed by atoms with E-state index in [0.717, 1.165) is 12.8 Å². The number of hydrogen-bond acceptors (Lipinski definition) is 2. The van der Waals surface area contributed by atoms with Crippen LogP contribution < -0.4 is 5.32 Å². The van der Waals surface area contributed by atoms with Gasteiger partial charge in [-0.25, -0.2) is 4.39 Å². The van der Waals surface area contributed by atoms with Crippen LogP contribution >= 0.6 is 11.6 Å². The lowest BCUT2D eigenvalue weighted by Gasteiger charge is -2.41. The Labute approximate surface area is 127 Å². The minimum absolute atomic E-state index is 0.0141. The molecule has 0 aromatic heterocycles. The molecule has 2 amide bonds. The van der Waals surface area contributed by atoms with E-state index < -0.39 is 5.82 Å². The summed E-state index contributed by atoms with van der Waals surface area (Å²) in [5, 5.41) is 2.99. The fourth-order valence-corrected chi connectivity index (χ4v) is 3.22. The van der Waals surface area contributed by atoms with E-state index in [1.54, 1.807) is 11.0 Å².